The smallest absolute Gasteiger partial charge is 0.407 e. The first-order chi connectivity index (χ1) is 22.9. The van der Waals surface area contributed by atoms with Gasteiger partial charge < -0.3 is 30.2 Å². The minimum Gasteiger partial charge on any atom is -0.445 e. The van der Waals surface area contributed by atoms with Crippen LogP contribution in [0.3, 0.4) is 0 Å². The number of benzene rings is 3. The SMILES string of the molecule is Cc1cc(F)cc(-c2cnc(N3CCNCC3)c(-c3nc4ccc(Cl)cc4[nH]3)c2N2CCC(NC(=O)OCc3ccccc3)CC2)c1. The van der Waals surface area contributed by atoms with Gasteiger partial charge in [0.05, 0.1) is 22.3 Å². The first-order valence-electron chi connectivity index (χ1n) is 16.1. The molecule has 0 bridgehead atoms. The van der Waals surface area contributed by atoms with Crippen LogP contribution in [0.4, 0.5) is 20.7 Å². The van der Waals surface area contributed by atoms with E-state index in [4.69, 9.17) is 26.3 Å². The highest BCUT2D eigenvalue weighted by Gasteiger charge is 2.31. The van der Waals surface area contributed by atoms with Gasteiger partial charge in [-0.2, -0.15) is 0 Å². The lowest BCUT2D eigenvalue weighted by molar-refractivity contribution is 0.134. The topological polar surface area (TPSA) is 98.4 Å². The molecule has 4 heterocycles. The predicted octanol–water partition coefficient (Wildman–Crippen LogP) is 6.70. The van der Waals surface area contributed by atoms with Gasteiger partial charge in [-0.3, -0.25) is 0 Å². The summed E-state index contributed by atoms with van der Waals surface area (Å²) in [7, 11) is 0. The molecule has 2 fully saturated rings. The molecule has 9 nitrogen and oxygen atoms in total. The Morgan fingerprint density at radius 2 is 1.81 bits per heavy atom. The fourth-order valence-electron chi connectivity index (χ4n) is 6.54. The maximum Gasteiger partial charge on any atom is 0.407 e. The molecule has 242 valence electrons. The van der Waals surface area contributed by atoms with Crippen LogP contribution in [-0.4, -0.2) is 66.4 Å². The molecule has 3 N–H and O–H groups in total. The number of nitrogens with zero attached hydrogens (tertiary/aromatic N) is 4. The Hall–Kier alpha value is -4.67. The van der Waals surface area contributed by atoms with Crippen LogP contribution in [0.25, 0.3) is 33.5 Å². The van der Waals surface area contributed by atoms with Crippen molar-refractivity contribution in [1.29, 1.82) is 0 Å². The second-order valence-corrected chi connectivity index (χ2v) is 12.6. The van der Waals surface area contributed by atoms with E-state index in [1.54, 1.807) is 6.07 Å². The van der Waals surface area contributed by atoms with Crippen molar-refractivity contribution in [3.63, 3.8) is 0 Å². The normalized spacial score (nSPS) is 15.6. The van der Waals surface area contributed by atoms with E-state index < -0.39 is 6.09 Å². The van der Waals surface area contributed by atoms with Gasteiger partial charge in [-0.25, -0.2) is 19.2 Å². The Kier molecular flexibility index (Phi) is 8.95. The standard InChI is InChI=1S/C36H37ClFN7O2/c1-23-17-25(19-27(38)18-23)29-21-40-35(45-15-11-39-12-16-45)32(34-42-30-8-7-26(37)20-31(30)43-34)33(29)44-13-9-28(10-14-44)41-36(46)47-22-24-5-3-2-4-6-24/h2-8,17-21,28,39H,9-16,22H2,1H3,(H,41,46)(H,42,43). The van der Waals surface area contributed by atoms with E-state index in [1.807, 2.05) is 67.7 Å². The van der Waals surface area contributed by atoms with Gasteiger partial charge in [-0.1, -0.05) is 48.0 Å². The van der Waals surface area contributed by atoms with Gasteiger partial charge in [0.1, 0.15) is 24.1 Å². The summed E-state index contributed by atoms with van der Waals surface area (Å²) in [6.07, 6.45) is 2.87. The number of carbonyl (C=O) groups excluding carboxylic acids is 1. The van der Waals surface area contributed by atoms with E-state index >= 15 is 0 Å². The monoisotopic (exact) mass is 653 g/mol. The number of ether oxygens (including phenoxy) is 1. The molecule has 2 saturated heterocycles. The maximum absolute atomic E-state index is 14.9. The zero-order valence-electron chi connectivity index (χ0n) is 26.2. The number of piperidine rings is 1. The van der Waals surface area contributed by atoms with Crippen molar-refractivity contribution in [2.24, 2.45) is 0 Å². The molecule has 2 aliphatic heterocycles. The minimum atomic E-state index is -0.422. The van der Waals surface area contributed by atoms with E-state index in [0.717, 1.165) is 76.5 Å². The number of aryl methyl sites for hydroxylation is 1. The number of pyridine rings is 1. The molecule has 7 rings (SSSR count). The van der Waals surface area contributed by atoms with Crippen LogP contribution < -0.4 is 20.4 Å². The van der Waals surface area contributed by atoms with Gasteiger partial charge >= 0.3 is 6.09 Å². The molecule has 47 heavy (non-hydrogen) atoms. The van der Waals surface area contributed by atoms with Crippen LogP contribution in [0.15, 0.2) is 72.9 Å². The van der Waals surface area contributed by atoms with Crippen LogP contribution in [-0.2, 0) is 11.3 Å². The number of halogens is 2. The summed E-state index contributed by atoms with van der Waals surface area (Å²) in [4.78, 5) is 30.9. The number of anilines is 2. The summed E-state index contributed by atoms with van der Waals surface area (Å²) < 4.78 is 20.4. The number of carbonyl (C=O) groups is 1. The van der Waals surface area contributed by atoms with Crippen LogP contribution in [0.1, 0.15) is 24.0 Å². The van der Waals surface area contributed by atoms with Crippen molar-refractivity contribution in [3.05, 3.63) is 94.9 Å². The van der Waals surface area contributed by atoms with Gasteiger partial charge in [0.15, 0.2) is 0 Å². The Bertz CT molecular complexity index is 1870. The minimum absolute atomic E-state index is 0.0411. The fraction of sp³-hybridized carbons (Fsp3) is 0.306. The zero-order valence-corrected chi connectivity index (χ0v) is 27.0. The first-order valence-corrected chi connectivity index (χ1v) is 16.4. The predicted molar refractivity (Wildman–Crippen MR) is 185 cm³/mol. The molecule has 3 aromatic carbocycles. The number of imidazole rings is 1. The van der Waals surface area contributed by atoms with Crippen molar-refractivity contribution in [3.8, 4) is 22.5 Å². The summed E-state index contributed by atoms with van der Waals surface area (Å²) >= 11 is 6.36. The quantitative estimate of drug-likeness (QED) is 0.180. The third-order valence-corrected chi connectivity index (χ3v) is 9.06. The first kappa shape index (κ1) is 31.0. The lowest BCUT2D eigenvalue weighted by Crippen LogP contribution is -2.46. The van der Waals surface area contributed by atoms with E-state index in [0.29, 0.717) is 36.8 Å². The number of fused-ring (bicyclic) bond motifs is 1. The fourth-order valence-corrected chi connectivity index (χ4v) is 6.71. The highest BCUT2D eigenvalue weighted by atomic mass is 35.5. The van der Waals surface area contributed by atoms with Gasteiger partial charge in [-0.15, -0.1) is 0 Å². The average Bonchev–Trinajstić information content (AvgIpc) is 3.50. The highest BCUT2D eigenvalue weighted by Crippen LogP contribution is 2.45. The van der Waals surface area contributed by atoms with Gasteiger partial charge in [0.25, 0.3) is 0 Å². The summed E-state index contributed by atoms with van der Waals surface area (Å²) in [5, 5.41) is 7.11. The number of nitrogens with one attached hydrogen (secondary N) is 3. The molecule has 2 aromatic heterocycles. The summed E-state index contributed by atoms with van der Waals surface area (Å²) in [6, 6.07) is 20.3. The van der Waals surface area contributed by atoms with Gasteiger partial charge in [0, 0.05) is 62.1 Å². The number of aromatic amines is 1. The zero-order chi connectivity index (χ0) is 32.3. The molecule has 0 aliphatic carbocycles. The van der Waals surface area contributed by atoms with Crippen LogP contribution in [0, 0.1) is 12.7 Å². The van der Waals surface area contributed by atoms with Crippen LogP contribution in [0.5, 0.6) is 0 Å². The molecule has 11 heteroatoms. The van der Waals surface area contributed by atoms with Crippen molar-refractivity contribution < 1.29 is 13.9 Å². The number of amides is 1. The van der Waals surface area contributed by atoms with E-state index in [9.17, 15) is 9.18 Å². The average molecular weight is 654 g/mol. The van der Waals surface area contributed by atoms with Crippen LogP contribution in [0.2, 0.25) is 5.02 Å². The van der Waals surface area contributed by atoms with Crippen LogP contribution >= 0.6 is 11.6 Å². The van der Waals surface area contributed by atoms with E-state index in [-0.39, 0.29) is 18.5 Å². The Balaban J connectivity index is 1.26. The summed E-state index contributed by atoms with van der Waals surface area (Å²) in [5.74, 6) is 1.21. The summed E-state index contributed by atoms with van der Waals surface area (Å²) in [6.45, 7) is 6.71. The van der Waals surface area contributed by atoms with Crippen molar-refractivity contribution in [2.75, 3.05) is 49.1 Å². The third-order valence-electron chi connectivity index (χ3n) is 8.83. The largest absolute Gasteiger partial charge is 0.445 e. The Morgan fingerprint density at radius 3 is 2.57 bits per heavy atom. The Labute approximate surface area is 278 Å². The highest BCUT2D eigenvalue weighted by molar-refractivity contribution is 6.31. The molecule has 0 spiro atoms. The molecule has 5 aromatic rings. The molecule has 0 saturated carbocycles. The molecule has 0 radical (unpaired) electrons. The number of piperazine rings is 1. The Morgan fingerprint density at radius 1 is 1.02 bits per heavy atom. The lowest BCUT2D eigenvalue weighted by atomic mass is 9.96. The third kappa shape index (κ3) is 6.89. The number of H-pyrrole nitrogens is 1. The molecule has 0 atom stereocenters. The van der Waals surface area contributed by atoms with Crippen molar-refractivity contribution in [1.82, 2.24) is 25.6 Å². The molecule has 2 aliphatic rings. The second-order valence-electron chi connectivity index (χ2n) is 12.2. The summed E-state index contributed by atoms with van der Waals surface area (Å²) in [5.41, 5.74) is 6.78. The number of hydrogen-bond donors (Lipinski definition) is 3. The van der Waals surface area contributed by atoms with E-state index in [2.05, 4.69) is 25.4 Å². The molecular formula is C36H37ClFN7O2. The van der Waals surface area contributed by atoms with E-state index in [1.165, 1.54) is 6.07 Å². The number of aromatic nitrogens is 3. The van der Waals surface area contributed by atoms with Crippen molar-refractivity contribution >= 4 is 40.2 Å². The number of rotatable bonds is 7. The molecular weight excluding hydrogens is 617 g/mol. The molecule has 1 amide bonds. The maximum atomic E-state index is 14.9. The second kappa shape index (κ2) is 13.6. The molecule has 0 unspecified atom stereocenters. The van der Waals surface area contributed by atoms with Gasteiger partial charge in [-0.05, 0) is 66.8 Å². The number of alkyl carbamates (subject to hydrolysis) is 1. The van der Waals surface area contributed by atoms with Crippen molar-refractivity contribution in [2.45, 2.75) is 32.4 Å². The lowest BCUT2D eigenvalue weighted by Gasteiger charge is -2.37. The van der Waals surface area contributed by atoms with Gasteiger partial charge in [0.2, 0.25) is 0 Å². The number of hydrogen-bond acceptors (Lipinski definition) is 7.